The van der Waals surface area contributed by atoms with Gasteiger partial charge in [-0.15, -0.1) is 0 Å². The molecule has 2 rings (SSSR count). The predicted octanol–water partition coefficient (Wildman–Crippen LogP) is 0.949. The number of likely N-dealkylation sites (tertiary alicyclic amines) is 1. The second-order valence-electron chi connectivity index (χ2n) is 4.10. The number of hydrogen-bond acceptors (Lipinski definition) is 4. The number of aryl methyl sites for hydroxylation is 1. The Hall–Kier alpha value is -1.91. The zero-order chi connectivity index (χ0) is 12.4. The van der Waals surface area contributed by atoms with Gasteiger partial charge in [0, 0.05) is 12.7 Å². The van der Waals surface area contributed by atoms with Gasteiger partial charge in [-0.3, -0.25) is 14.5 Å². The second-order valence-corrected chi connectivity index (χ2v) is 4.10. The summed E-state index contributed by atoms with van der Waals surface area (Å²) in [6, 6.07) is 3.24. The van der Waals surface area contributed by atoms with Crippen molar-refractivity contribution in [2.45, 2.75) is 26.3 Å². The number of carbonyl (C=O) groups excluding carboxylic acids is 2. The number of aromatic nitrogens is 1. The van der Waals surface area contributed by atoms with Gasteiger partial charge in [0.2, 0.25) is 5.91 Å². The van der Waals surface area contributed by atoms with E-state index < -0.39 is 6.04 Å². The van der Waals surface area contributed by atoms with Crippen molar-refractivity contribution in [2.24, 2.45) is 0 Å². The highest BCUT2D eigenvalue weighted by Gasteiger charge is 2.37. The van der Waals surface area contributed by atoms with E-state index in [1.165, 1.54) is 4.90 Å². The van der Waals surface area contributed by atoms with Gasteiger partial charge < -0.3 is 5.32 Å². The van der Waals surface area contributed by atoms with Crippen LogP contribution in [0.15, 0.2) is 18.3 Å². The number of hydrogen-bond donors (Lipinski definition) is 1. The van der Waals surface area contributed by atoms with E-state index in [0.717, 1.165) is 5.56 Å². The number of pyridine rings is 1. The summed E-state index contributed by atoms with van der Waals surface area (Å²) in [5.74, 6) is 0.335. The predicted molar refractivity (Wildman–Crippen MR) is 63.4 cm³/mol. The van der Waals surface area contributed by atoms with Crippen molar-refractivity contribution < 1.29 is 9.59 Å². The zero-order valence-electron chi connectivity index (χ0n) is 9.93. The number of imide groups is 1. The number of nitrogens with zero attached hydrogens (tertiary/aromatic N) is 2. The number of amides is 2. The fraction of sp³-hybridized carbons (Fsp3) is 0.417. The van der Waals surface area contributed by atoms with Crippen molar-refractivity contribution in [3.05, 3.63) is 23.9 Å². The summed E-state index contributed by atoms with van der Waals surface area (Å²) in [7, 11) is 0. The van der Waals surface area contributed by atoms with Crippen LogP contribution in [0.1, 0.15) is 18.9 Å². The van der Waals surface area contributed by atoms with Gasteiger partial charge in [0.15, 0.2) is 0 Å². The quantitative estimate of drug-likeness (QED) is 0.789. The molecule has 0 spiro atoms. The molecule has 1 aromatic heterocycles. The Kier molecular flexibility index (Phi) is 3.08. The van der Waals surface area contributed by atoms with Crippen LogP contribution >= 0.6 is 0 Å². The maximum Gasteiger partial charge on any atom is 0.252 e. The third-order valence-electron chi connectivity index (χ3n) is 2.79. The molecule has 0 aliphatic carbocycles. The molecular formula is C12H15N3O2. The molecular weight excluding hydrogens is 218 g/mol. The van der Waals surface area contributed by atoms with Crippen molar-refractivity contribution in [2.75, 3.05) is 11.9 Å². The highest BCUT2D eigenvalue weighted by molar-refractivity contribution is 6.06. The van der Waals surface area contributed by atoms with Crippen molar-refractivity contribution in [3.63, 3.8) is 0 Å². The minimum Gasteiger partial charge on any atom is -0.358 e. The molecule has 5 heteroatoms. The summed E-state index contributed by atoms with van der Waals surface area (Å²) >= 11 is 0. The number of rotatable bonds is 3. The molecule has 0 bridgehead atoms. The van der Waals surface area contributed by atoms with Crippen LogP contribution in [0.4, 0.5) is 5.82 Å². The van der Waals surface area contributed by atoms with Crippen LogP contribution in [-0.2, 0) is 9.59 Å². The molecule has 2 heterocycles. The monoisotopic (exact) mass is 233 g/mol. The molecule has 90 valence electrons. The first-order chi connectivity index (χ1) is 8.11. The largest absolute Gasteiger partial charge is 0.358 e. The lowest BCUT2D eigenvalue weighted by atomic mass is 10.2. The van der Waals surface area contributed by atoms with Crippen LogP contribution in [0, 0.1) is 6.92 Å². The van der Waals surface area contributed by atoms with Gasteiger partial charge in [0.1, 0.15) is 11.9 Å². The van der Waals surface area contributed by atoms with E-state index in [0.29, 0.717) is 12.4 Å². The lowest BCUT2D eigenvalue weighted by Crippen LogP contribution is -2.34. The van der Waals surface area contributed by atoms with Crippen LogP contribution in [0.3, 0.4) is 0 Å². The second kappa shape index (κ2) is 4.53. The zero-order valence-corrected chi connectivity index (χ0v) is 9.93. The molecule has 1 aliphatic heterocycles. The summed E-state index contributed by atoms with van der Waals surface area (Å²) in [6.07, 6.45) is 1.93. The first-order valence-electron chi connectivity index (χ1n) is 5.65. The number of nitrogens with one attached hydrogen (secondary N) is 1. The molecule has 1 fully saturated rings. The summed E-state index contributed by atoms with van der Waals surface area (Å²) in [5.41, 5.74) is 1.06. The van der Waals surface area contributed by atoms with Gasteiger partial charge >= 0.3 is 0 Å². The molecule has 1 saturated heterocycles. The maximum atomic E-state index is 11.8. The average molecular weight is 233 g/mol. The molecule has 1 atom stereocenters. The first kappa shape index (κ1) is 11.6. The van der Waals surface area contributed by atoms with Crippen molar-refractivity contribution in [3.8, 4) is 0 Å². The molecule has 0 aromatic carbocycles. The summed E-state index contributed by atoms with van der Waals surface area (Å²) in [4.78, 5) is 28.8. The average Bonchev–Trinajstić information content (AvgIpc) is 2.57. The highest BCUT2D eigenvalue weighted by atomic mass is 16.2. The number of likely N-dealkylation sites (N-methyl/N-ethyl adjacent to an activating group) is 1. The van der Waals surface area contributed by atoms with Crippen LogP contribution in [-0.4, -0.2) is 34.3 Å². The van der Waals surface area contributed by atoms with Crippen molar-refractivity contribution in [1.82, 2.24) is 9.88 Å². The summed E-state index contributed by atoms with van der Waals surface area (Å²) in [6.45, 7) is 4.17. The van der Waals surface area contributed by atoms with E-state index in [2.05, 4.69) is 10.3 Å². The standard InChI is InChI=1S/C12H15N3O2/c1-3-15-11(16)6-9(12(15)17)14-10-5-4-8(2)7-13-10/h4-5,7,9H,3,6H2,1-2H3,(H,13,14). The Balaban J connectivity index is 2.08. The summed E-state index contributed by atoms with van der Waals surface area (Å²) < 4.78 is 0. The Morgan fingerprint density at radius 1 is 1.47 bits per heavy atom. The minimum atomic E-state index is -0.474. The van der Waals surface area contributed by atoms with Crippen LogP contribution in [0.2, 0.25) is 0 Å². The molecule has 1 aromatic rings. The van der Waals surface area contributed by atoms with Crippen LogP contribution < -0.4 is 5.32 Å². The van der Waals surface area contributed by atoms with Gasteiger partial charge in [-0.2, -0.15) is 0 Å². The van der Waals surface area contributed by atoms with E-state index in [4.69, 9.17) is 0 Å². The normalized spacial score (nSPS) is 19.9. The van der Waals surface area contributed by atoms with Gasteiger partial charge in [0.25, 0.3) is 5.91 Å². The highest BCUT2D eigenvalue weighted by Crippen LogP contribution is 2.16. The third-order valence-corrected chi connectivity index (χ3v) is 2.79. The molecule has 17 heavy (non-hydrogen) atoms. The number of carbonyl (C=O) groups is 2. The van der Waals surface area contributed by atoms with Gasteiger partial charge in [-0.05, 0) is 25.5 Å². The van der Waals surface area contributed by atoms with E-state index in [1.54, 1.807) is 13.1 Å². The Bertz CT molecular complexity index is 442. The summed E-state index contributed by atoms with van der Waals surface area (Å²) in [5, 5.41) is 2.99. The molecule has 1 unspecified atom stereocenters. The Morgan fingerprint density at radius 3 is 2.76 bits per heavy atom. The minimum absolute atomic E-state index is 0.123. The Morgan fingerprint density at radius 2 is 2.24 bits per heavy atom. The fourth-order valence-electron chi connectivity index (χ4n) is 1.86. The van der Waals surface area contributed by atoms with Gasteiger partial charge in [0.05, 0.1) is 6.42 Å². The Labute approximate surface area is 99.8 Å². The van der Waals surface area contributed by atoms with Crippen LogP contribution in [0.5, 0.6) is 0 Å². The van der Waals surface area contributed by atoms with E-state index in [1.807, 2.05) is 19.1 Å². The first-order valence-corrected chi connectivity index (χ1v) is 5.65. The van der Waals surface area contributed by atoms with Crippen molar-refractivity contribution >= 4 is 17.6 Å². The fourth-order valence-corrected chi connectivity index (χ4v) is 1.86. The molecule has 1 aliphatic rings. The molecule has 1 N–H and O–H groups in total. The molecule has 5 nitrogen and oxygen atoms in total. The lowest BCUT2D eigenvalue weighted by molar-refractivity contribution is -0.138. The smallest absolute Gasteiger partial charge is 0.252 e. The van der Waals surface area contributed by atoms with Crippen LogP contribution in [0.25, 0.3) is 0 Å². The SMILES string of the molecule is CCN1C(=O)CC(Nc2ccc(C)cn2)C1=O. The lowest BCUT2D eigenvalue weighted by Gasteiger charge is -2.13. The topological polar surface area (TPSA) is 62.3 Å². The van der Waals surface area contributed by atoms with E-state index in [-0.39, 0.29) is 18.2 Å². The van der Waals surface area contributed by atoms with E-state index >= 15 is 0 Å². The number of anilines is 1. The maximum absolute atomic E-state index is 11.8. The molecule has 0 saturated carbocycles. The van der Waals surface area contributed by atoms with Gasteiger partial charge in [-0.1, -0.05) is 6.07 Å². The molecule has 2 amide bonds. The third kappa shape index (κ3) is 2.27. The van der Waals surface area contributed by atoms with Gasteiger partial charge in [-0.25, -0.2) is 4.98 Å². The van der Waals surface area contributed by atoms with E-state index in [9.17, 15) is 9.59 Å². The van der Waals surface area contributed by atoms with Crippen molar-refractivity contribution in [1.29, 1.82) is 0 Å². The molecule has 0 radical (unpaired) electrons.